The summed E-state index contributed by atoms with van der Waals surface area (Å²) in [6.45, 7) is 4.36. The Morgan fingerprint density at radius 1 is 1.10 bits per heavy atom. The standard InChI is InChI=1S/C24H24N2O2S/c1-15(2)18-7-6-8-19(13-18)16-9-11-17(12-10-16)21-20(14-25)23(29-5)26(3)22(21)24(27)28-4/h6-13,15H,1-5H3. The highest BCUT2D eigenvalue weighted by atomic mass is 32.2. The van der Waals surface area contributed by atoms with Gasteiger partial charge in [0.05, 0.1) is 17.7 Å². The van der Waals surface area contributed by atoms with E-state index in [1.165, 1.54) is 24.4 Å². The van der Waals surface area contributed by atoms with E-state index in [1.807, 2.05) is 30.5 Å². The highest BCUT2D eigenvalue weighted by molar-refractivity contribution is 7.98. The van der Waals surface area contributed by atoms with Crippen LogP contribution in [0.4, 0.5) is 0 Å². The molecule has 0 aliphatic rings. The average Bonchev–Trinajstić information content (AvgIpc) is 3.04. The van der Waals surface area contributed by atoms with Crippen LogP contribution in [0.3, 0.4) is 0 Å². The zero-order valence-electron chi connectivity index (χ0n) is 17.3. The van der Waals surface area contributed by atoms with E-state index < -0.39 is 5.97 Å². The van der Waals surface area contributed by atoms with E-state index in [0.29, 0.717) is 22.7 Å². The van der Waals surface area contributed by atoms with Crippen molar-refractivity contribution in [2.75, 3.05) is 13.4 Å². The fourth-order valence-electron chi connectivity index (χ4n) is 3.53. The highest BCUT2D eigenvalue weighted by Crippen LogP contribution is 2.37. The third kappa shape index (κ3) is 3.81. The minimum atomic E-state index is -0.451. The molecule has 148 valence electrons. The third-order valence-electron chi connectivity index (χ3n) is 5.08. The van der Waals surface area contributed by atoms with Crippen LogP contribution in [-0.2, 0) is 11.8 Å². The molecule has 5 heteroatoms. The van der Waals surface area contributed by atoms with Gasteiger partial charge >= 0.3 is 5.97 Å². The maximum Gasteiger partial charge on any atom is 0.355 e. The number of carbonyl (C=O) groups is 1. The highest BCUT2D eigenvalue weighted by Gasteiger charge is 2.27. The summed E-state index contributed by atoms with van der Waals surface area (Å²) in [5.74, 6) is 0.0114. The van der Waals surface area contributed by atoms with Gasteiger partial charge in [-0.3, -0.25) is 0 Å². The van der Waals surface area contributed by atoms with Crippen LogP contribution in [0, 0.1) is 11.3 Å². The summed E-state index contributed by atoms with van der Waals surface area (Å²) in [4.78, 5) is 12.5. The van der Waals surface area contributed by atoms with Crippen molar-refractivity contribution in [2.45, 2.75) is 24.8 Å². The predicted octanol–water partition coefficient (Wildman–Crippen LogP) is 5.86. The minimum absolute atomic E-state index is 0.392. The van der Waals surface area contributed by atoms with Crippen LogP contribution >= 0.6 is 11.8 Å². The van der Waals surface area contributed by atoms with Crippen molar-refractivity contribution < 1.29 is 9.53 Å². The Morgan fingerprint density at radius 3 is 2.31 bits per heavy atom. The number of nitriles is 1. The van der Waals surface area contributed by atoms with Crippen molar-refractivity contribution in [1.82, 2.24) is 4.57 Å². The van der Waals surface area contributed by atoms with E-state index in [2.05, 4.69) is 44.2 Å². The van der Waals surface area contributed by atoms with Crippen molar-refractivity contribution in [3.8, 4) is 28.3 Å². The molecule has 3 aromatic rings. The van der Waals surface area contributed by atoms with Gasteiger partial charge in [-0.1, -0.05) is 62.4 Å². The average molecular weight is 405 g/mol. The number of thioether (sulfide) groups is 1. The summed E-state index contributed by atoms with van der Waals surface area (Å²) in [6, 6.07) is 18.8. The number of rotatable bonds is 5. The molecule has 0 radical (unpaired) electrons. The molecule has 1 aromatic heterocycles. The number of methoxy groups -OCH3 is 1. The number of ether oxygens (including phenoxy) is 1. The molecule has 0 unspecified atom stereocenters. The smallest absolute Gasteiger partial charge is 0.355 e. The molecule has 0 saturated carbocycles. The molecule has 0 aliphatic heterocycles. The molecule has 3 rings (SSSR count). The number of esters is 1. The van der Waals surface area contributed by atoms with E-state index in [1.54, 1.807) is 11.6 Å². The third-order valence-corrected chi connectivity index (χ3v) is 5.95. The van der Waals surface area contributed by atoms with Gasteiger partial charge in [-0.2, -0.15) is 5.26 Å². The minimum Gasteiger partial charge on any atom is -0.464 e. The van der Waals surface area contributed by atoms with Gasteiger partial charge in [0, 0.05) is 12.6 Å². The molecular weight excluding hydrogens is 380 g/mol. The number of aromatic nitrogens is 1. The van der Waals surface area contributed by atoms with E-state index in [0.717, 1.165) is 21.7 Å². The molecule has 0 fully saturated rings. The van der Waals surface area contributed by atoms with Gasteiger partial charge in [-0.15, -0.1) is 11.8 Å². The van der Waals surface area contributed by atoms with Crippen molar-refractivity contribution in [2.24, 2.45) is 7.05 Å². The summed E-state index contributed by atoms with van der Waals surface area (Å²) in [5.41, 5.74) is 5.86. The Bertz CT molecular complexity index is 1090. The van der Waals surface area contributed by atoms with Gasteiger partial charge in [0.2, 0.25) is 0 Å². The summed E-state index contributed by atoms with van der Waals surface area (Å²) in [6.07, 6.45) is 1.89. The van der Waals surface area contributed by atoms with Crippen LogP contribution in [-0.4, -0.2) is 23.9 Å². The second-order valence-electron chi connectivity index (χ2n) is 7.13. The number of benzene rings is 2. The molecule has 0 N–H and O–H groups in total. The first kappa shape index (κ1) is 20.8. The van der Waals surface area contributed by atoms with Gasteiger partial charge in [0.15, 0.2) is 0 Å². The Hall–Kier alpha value is -2.97. The molecule has 0 aliphatic carbocycles. The number of nitrogens with zero attached hydrogens (tertiary/aromatic N) is 2. The predicted molar refractivity (Wildman–Crippen MR) is 118 cm³/mol. The monoisotopic (exact) mass is 404 g/mol. The van der Waals surface area contributed by atoms with Crippen LogP contribution in [0.15, 0.2) is 53.6 Å². The Morgan fingerprint density at radius 2 is 1.76 bits per heavy atom. The van der Waals surface area contributed by atoms with Crippen LogP contribution in [0.25, 0.3) is 22.3 Å². The van der Waals surface area contributed by atoms with Crippen LogP contribution < -0.4 is 0 Å². The first-order chi connectivity index (χ1) is 13.9. The van der Waals surface area contributed by atoms with E-state index in [9.17, 15) is 10.1 Å². The number of hydrogen-bond donors (Lipinski definition) is 0. The van der Waals surface area contributed by atoms with Crippen molar-refractivity contribution in [3.63, 3.8) is 0 Å². The Kier molecular flexibility index (Phi) is 6.14. The normalized spacial score (nSPS) is 10.8. The second-order valence-corrected chi connectivity index (χ2v) is 7.92. The maximum atomic E-state index is 12.5. The van der Waals surface area contributed by atoms with Gasteiger partial charge in [-0.05, 0) is 34.4 Å². The number of hydrogen-bond acceptors (Lipinski definition) is 4. The zero-order chi connectivity index (χ0) is 21.1. The lowest BCUT2D eigenvalue weighted by atomic mass is 9.95. The summed E-state index contributed by atoms with van der Waals surface area (Å²) in [7, 11) is 3.14. The van der Waals surface area contributed by atoms with Crippen molar-refractivity contribution in [1.29, 1.82) is 5.26 Å². The molecule has 4 nitrogen and oxygen atoms in total. The SMILES string of the molecule is COC(=O)c1c(-c2ccc(-c3cccc(C(C)C)c3)cc2)c(C#N)c(SC)n1C. The molecule has 2 aromatic carbocycles. The Balaban J connectivity index is 2.12. The van der Waals surface area contributed by atoms with Gasteiger partial charge in [0.1, 0.15) is 11.8 Å². The van der Waals surface area contributed by atoms with Crippen LogP contribution in [0.2, 0.25) is 0 Å². The van der Waals surface area contributed by atoms with E-state index in [-0.39, 0.29) is 0 Å². The van der Waals surface area contributed by atoms with Crippen LogP contribution in [0.5, 0.6) is 0 Å². The van der Waals surface area contributed by atoms with Crippen LogP contribution in [0.1, 0.15) is 41.4 Å². The van der Waals surface area contributed by atoms with Gasteiger partial charge in [-0.25, -0.2) is 4.79 Å². The fraction of sp³-hybridized carbons (Fsp3) is 0.250. The molecule has 0 amide bonds. The molecule has 1 heterocycles. The Labute approximate surface area is 176 Å². The van der Waals surface area contributed by atoms with Gasteiger partial charge in [0.25, 0.3) is 0 Å². The number of carbonyl (C=O) groups excluding carboxylic acids is 1. The first-order valence-corrected chi connectivity index (χ1v) is 10.6. The largest absolute Gasteiger partial charge is 0.464 e. The molecular formula is C24H24N2O2S. The van der Waals surface area contributed by atoms with Crippen molar-refractivity contribution in [3.05, 3.63) is 65.4 Å². The molecule has 0 atom stereocenters. The first-order valence-electron chi connectivity index (χ1n) is 9.38. The lowest BCUT2D eigenvalue weighted by molar-refractivity contribution is 0.0590. The quantitative estimate of drug-likeness (QED) is 0.395. The topological polar surface area (TPSA) is 55.0 Å². The summed E-state index contributed by atoms with van der Waals surface area (Å²) in [5, 5.41) is 10.5. The van der Waals surface area contributed by atoms with E-state index >= 15 is 0 Å². The van der Waals surface area contributed by atoms with Gasteiger partial charge < -0.3 is 9.30 Å². The lowest BCUT2D eigenvalue weighted by Gasteiger charge is -2.10. The summed E-state index contributed by atoms with van der Waals surface area (Å²) >= 11 is 1.44. The lowest BCUT2D eigenvalue weighted by Crippen LogP contribution is -2.09. The molecule has 29 heavy (non-hydrogen) atoms. The maximum absolute atomic E-state index is 12.5. The zero-order valence-corrected chi connectivity index (χ0v) is 18.1. The molecule has 0 saturated heterocycles. The van der Waals surface area contributed by atoms with E-state index in [4.69, 9.17) is 4.74 Å². The second kappa shape index (κ2) is 8.59. The summed E-state index contributed by atoms with van der Waals surface area (Å²) < 4.78 is 6.73. The fourth-order valence-corrected chi connectivity index (χ4v) is 4.25. The molecule has 0 spiro atoms. The van der Waals surface area contributed by atoms with Crippen molar-refractivity contribution >= 4 is 17.7 Å². The molecule has 0 bridgehead atoms.